The summed E-state index contributed by atoms with van der Waals surface area (Å²) in [5, 5.41) is 4.87. The topological polar surface area (TPSA) is 51.1 Å². The average molecular weight is 276 g/mol. The molecule has 0 spiro atoms. The van der Waals surface area contributed by atoms with Crippen molar-refractivity contribution in [1.29, 1.82) is 0 Å². The molecule has 0 fully saturated rings. The summed E-state index contributed by atoms with van der Waals surface area (Å²) in [4.78, 5) is 24.6. The second-order valence-electron chi connectivity index (χ2n) is 4.27. The summed E-state index contributed by atoms with van der Waals surface area (Å²) >= 11 is 1.64. The third-order valence-corrected chi connectivity index (χ3v) is 3.96. The molecule has 0 saturated heterocycles. The van der Waals surface area contributed by atoms with E-state index in [1.54, 1.807) is 30.6 Å². The largest absolute Gasteiger partial charge is 0.347 e. The molecule has 2 aromatic rings. The molecule has 0 aromatic carbocycles. The van der Waals surface area contributed by atoms with Gasteiger partial charge in [-0.25, -0.2) is 0 Å². The molecule has 0 saturated carbocycles. The average Bonchev–Trinajstić information content (AvgIpc) is 2.86. The van der Waals surface area contributed by atoms with Crippen molar-refractivity contribution >= 4 is 17.2 Å². The van der Waals surface area contributed by atoms with Crippen LogP contribution >= 0.6 is 11.3 Å². The number of pyridine rings is 1. The van der Waals surface area contributed by atoms with Crippen LogP contribution in [0.2, 0.25) is 0 Å². The predicted molar refractivity (Wildman–Crippen MR) is 76.6 cm³/mol. The van der Waals surface area contributed by atoms with E-state index in [1.807, 2.05) is 5.38 Å². The Bertz CT molecular complexity index is 643. The Morgan fingerprint density at radius 1 is 1.42 bits per heavy atom. The van der Waals surface area contributed by atoms with Gasteiger partial charge in [-0.2, -0.15) is 0 Å². The third kappa shape index (κ3) is 3.12. The molecule has 0 aliphatic rings. The lowest BCUT2D eigenvalue weighted by molar-refractivity contribution is 0.0951. The monoisotopic (exact) mass is 276 g/mol. The van der Waals surface area contributed by atoms with Crippen molar-refractivity contribution < 1.29 is 4.79 Å². The van der Waals surface area contributed by atoms with Crippen LogP contribution < -0.4 is 10.9 Å². The number of thiophene rings is 1. The molecule has 5 heteroatoms. The van der Waals surface area contributed by atoms with Crippen molar-refractivity contribution in [1.82, 2.24) is 9.88 Å². The first-order valence-electron chi connectivity index (χ1n) is 6.12. The second-order valence-corrected chi connectivity index (χ2v) is 5.27. The van der Waals surface area contributed by atoms with E-state index >= 15 is 0 Å². The molecule has 0 aliphatic heterocycles. The standard InChI is InChI=1S/C14H16N2O2S/c1-3-10-5-7-19-12(10)9-15-14(18)11-4-6-16(2)13(17)8-11/h4-8H,3,9H2,1-2H3,(H,15,18). The van der Waals surface area contributed by atoms with E-state index < -0.39 is 0 Å². The van der Waals surface area contributed by atoms with Crippen molar-refractivity contribution in [2.45, 2.75) is 19.9 Å². The van der Waals surface area contributed by atoms with Gasteiger partial charge in [-0.1, -0.05) is 6.92 Å². The van der Waals surface area contributed by atoms with Crippen molar-refractivity contribution in [2.24, 2.45) is 7.05 Å². The maximum Gasteiger partial charge on any atom is 0.251 e. The summed E-state index contributed by atoms with van der Waals surface area (Å²) in [7, 11) is 1.66. The first kappa shape index (κ1) is 13.5. The molecular weight excluding hydrogens is 260 g/mol. The van der Waals surface area contributed by atoms with Gasteiger partial charge in [0.05, 0.1) is 6.54 Å². The van der Waals surface area contributed by atoms with E-state index in [9.17, 15) is 9.59 Å². The Morgan fingerprint density at radius 2 is 2.21 bits per heavy atom. The minimum atomic E-state index is -0.215. The minimum absolute atomic E-state index is 0.182. The first-order valence-corrected chi connectivity index (χ1v) is 7.00. The van der Waals surface area contributed by atoms with Crippen LogP contribution in [0, 0.1) is 0 Å². The number of nitrogens with one attached hydrogen (secondary N) is 1. The fraction of sp³-hybridized carbons (Fsp3) is 0.286. The molecule has 0 unspecified atom stereocenters. The van der Waals surface area contributed by atoms with E-state index in [-0.39, 0.29) is 11.5 Å². The van der Waals surface area contributed by atoms with E-state index in [0.29, 0.717) is 12.1 Å². The molecule has 100 valence electrons. The second kappa shape index (κ2) is 5.84. The normalized spacial score (nSPS) is 10.4. The highest BCUT2D eigenvalue weighted by molar-refractivity contribution is 7.10. The maximum atomic E-state index is 11.9. The van der Waals surface area contributed by atoms with Crippen LogP contribution in [0.4, 0.5) is 0 Å². The molecule has 1 N–H and O–H groups in total. The molecular formula is C14H16N2O2S. The summed E-state index contributed by atoms with van der Waals surface area (Å²) < 4.78 is 1.44. The SMILES string of the molecule is CCc1ccsc1CNC(=O)c1ccn(C)c(=O)c1. The lowest BCUT2D eigenvalue weighted by Gasteiger charge is -2.06. The summed E-state index contributed by atoms with van der Waals surface area (Å²) in [6.07, 6.45) is 2.56. The molecule has 2 rings (SSSR count). The van der Waals surface area contributed by atoms with Crippen molar-refractivity contribution in [3.05, 3.63) is 56.1 Å². The Hall–Kier alpha value is -1.88. The predicted octanol–water partition coefficient (Wildman–Crippen LogP) is 1.94. The van der Waals surface area contributed by atoms with Gasteiger partial charge in [0.15, 0.2) is 0 Å². The highest BCUT2D eigenvalue weighted by Gasteiger charge is 2.08. The number of rotatable bonds is 4. The lowest BCUT2D eigenvalue weighted by Crippen LogP contribution is -2.25. The highest BCUT2D eigenvalue weighted by atomic mass is 32.1. The van der Waals surface area contributed by atoms with E-state index in [1.165, 1.54) is 21.1 Å². The van der Waals surface area contributed by atoms with Gasteiger partial charge >= 0.3 is 0 Å². The lowest BCUT2D eigenvalue weighted by atomic mass is 10.2. The van der Waals surface area contributed by atoms with Crippen LogP contribution in [-0.4, -0.2) is 10.5 Å². The van der Waals surface area contributed by atoms with Gasteiger partial charge in [0.1, 0.15) is 0 Å². The van der Waals surface area contributed by atoms with Crippen molar-refractivity contribution in [3.8, 4) is 0 Å². The minimum Gasteiger partial charge on any atom is -0.347 e. The van der Waals surface area contributed by atoms with E-state index in [2.05, 4.69) is 18.3 Å². The number of amides is 1. The summed E-state index contributed by atoms with van der Waals surface area (Å²) in [6.45, 7) is 2.60. The Kier molecular flexibility index (Phi) is 4.16. The smallest absolute Gasteiger partial charge is 0.251 e. The van der Waals surface area contributed by atoms with Crippen molar-refractivity contribution in [3.63, 3.8) is 0 Å². The first-order chi connectivity index (χ1) is 9.11. The molecule has 4 nitrogen and oxygen atoms in total. The number of aryl methyl sites for hydroxylation is 2. The van der Waals surface area contributed by atoms with Gasteiger partial charge in [0, 0.05) is 29.8 Å². The van der Waals surface area contributed by atoms with Crippen LogP contribution in [-0.2, 0) is 20.0 Å². The zero-order chi connectivity index (χ0) is 13.8. The number of nitrogens with zero attached hydrogens (tertiary/aromatic N) is 1. The number of aromatic nitrogens is 1. The Morgan fingerprint density at radius 3 is 2.89 bits per heavy atom. The molecule has 0 bridgehead atoms. The van der Waals surface area contributed by atoms with Gasteiger partial charge in [-0.3, -0.25) is 9.59 Å². The van der Waals surface area contributed by atoms with Gasteiger partial charge < -0.3 is 9.88 Å². The Labute approximate surface area is 115 Å². The molecule has 0 aliphatic carbocycles. The maximum absolute atomic E-state index is 11.9. The highest BCUT2D eigenvalue weighted by Crippen LogP contribution is 2.16. The van der Waals surface area contributed by atoms with Crippen LogP contribution in [0.15, 0.2) is 34.6 Å². The van der Waals surface area contributed by atoms with E-state index in [0.717, 1.165) is 6.42 Å². The zero-order valence-electron chi connectivity index (χ0n) is 11.0. The van der Waals surface area contributed by atoms with Crippen LogP contribution in [0.1, 0.15) is 27.7 Å². The Balaban J connectivity index is 2.05. The molecule has 1 amide bonds. The summed E-state index contributed by atoms with van der Waals surface area (Å²) in [6, 6.07) is 5.07. The zero-order valence-corrected chi connectivity index (χ0v) is 11.8. The van der Waals surface area contributed by atoms with E-state index in [4.69, 9.17) is 0 Å². The molecule has 2 heterocycles. The van der Waals surface area contributed by atoms with Crippen LogP contribution in [0.5, 0.6) is 0 Å². The van der Waals surface area contributed by atoms with Gasteiger partial charge in [0.2, 0.25) is 0 Å². The van der Waals surface area contributed by atoms with Crippen LogP contribution in [0.3, 0.4) is 0 Å². The summed E-state index contributed by atoms with van der Waals surface area (Å²) in [5.74, 6) is -0.215. The quantitative estimate of drug-likeness (QED) is 0.928. The molecule has 2 aromatic heterocycles. The van der Waals surface area contributed by atoms with Crippen LogP contribution in [0.25, 0.3) is 0 Å². The molecule has 0 atom stereocenters. The number of carbonyl (C=O) groups is 1. The molecule has 19 heavy (non-hydrogen) atoms. The van der Waals surface area contributed by atoms with Crippen molar-refractivity contribution in [2.75, 3.05) is 0 Å². The number of hydrogen-bond donors (Lipinski definition) is 1. The fourth-order valence-electron chi connectivity index (χ4n) is 1.79. The van der Waals surface area contributed by atoms with Gasteiger partial charge in [0.25, 0.3) is 11.5 Å². The van der Waals surface area contributed by atoms with Gasteiger partial charge in [-0.05, 0) is 29.5 Å². The third-order valence-electron chi connectivity index (χ3n) is 2.99. The van der Waals surface area contributed by atoms with Gasteiger partial charge in [-0.15, -0.1) is 11.3 Å². The fourth-order valence-corrected chi connectivity index (χ4v) is 2.71. The number of hydrogen-bond acceptors (Lipinski definition) is 3. The molecule has 0 radical (unpaired) electrons. The summed E-state index contributed by atoms with van der Waals surface area (Å²) in [5.41, 5.74) is 1.48. The number of carbonyl (C=O) groups excluding carboxylic acids is 1.